The number of rotatable bonds is 15. The second-order valence-corrected chi connectivity index (χ2v) is 17.4. The molecule has 0 bridgehead atoms. The fourth-order valence-electron chi connectivity index (χ4n) is 7.34. The number of ether oxygens (including phenoxy) is 1. The zero-order chi connectivity index (χ0) is 35.6. The third-order valence-corrected chi connectivity index (χ3v) is 12.2. The number of nitrogens with zero attached hydrogens (tertiary/aromatic N) is 1. The average molecular weight is 695 g/mol. The van der Waals surface area contributed by atoms with E-state index in [1.165, 1.54) is 4.90 Å². The number of likely N-dealkylation sites (tertiary alicyclic amines) is 1. The Morgan fingerprint density at radius 3 is 2.15 bits per heavy atom. The first-order valence-corrected chi connectivity index (χ1v) is 19.5. The lowest BCUT2D eigenvalue weighted by Gasteiger charge is -2.36. The number of Topliss-reactive ketones (excluding diaryl/α,β-unsaturated/α-hetero) is 1. The summed E-state index contributed by atoms with van der Waals surface area (Å²) in [5.74, 6) is -3.30. The minimum absolute atomic E-state index is 0.0259. The summed E-state index contributed by atoms with van der Waals surface area (Å²) < 4.78 is 30.8. The molecule has 48 heavy (non-hydrogen) atoms. The van der Waals surface area contributed by atoms with E-state index >= 15 is 0 Å². The van der Waals surface area contributed by atoms with E-state index in [9.17, 15) is 32.4 Å². The second-order valence-electron chi connectivity index (χ2n) is 15.0. The highest BCUT2D eigenvalue weighted by Gasteiger charge is 2.47. The summed E-state index contributed by atoms with van der Waals surface area (Å²) in [5.41, 5.74) is -0.757. The van der Waals surface area contributed by atoms with Crippen LogP contribution in [0, 0.1) is 17.8 Å². The molecule has 272 valence electrons. The molecule has 3 rings (SSSR count). The van der Waals surface area contributed by atoms with Crippen molar-refractivity contribution in [1.29, 1.82) is 0 Å². The van der Waals surface area contributed by atoms with Crippen molar-refractivity contribution in [2.24, 2.45) is 17.8 Å². The van der Waals surface area contributed by atoms with Gasteiger partial charge in [-0.25, -0.2) is 13.2 Å². The van der Waals surface area contributed by atoms with Crippen molar-refractivity contribution >= 4 is 39.4 Å². The molecule has 0 aromatic carbocycles. The number of alkyl carbamates (subject to hydrolysis) is 1. The molecule has 12 nitrogen and oxygen atoms in total. The van der Waals surface area contributed by atoms with E-state index in [0.29, 0.717) is 32.2 Å². The maximum Gasteiger partial charge on any atom is 0.408 e. The van der Waals surface area contributed by atoms with Gasteiger partial charge in [-0.05, 0) is 83.5 Å². The number of nitrogens with one attached hydrogen (secondary N) is 3. The Bertz CT molecular complexity index is 1270. The van der Waals surface area contributed by atoms with Crippen LogP contribution in [-0.4, -0.2) is 90.7 Å². The smallest absolute Gasteiger partial charge is 0.408 e. The zero-order valence-corrected chi connectivity index (χ0v) is 30.4. The normalized spacial score (nSPS) is 22.2. The molecule has 0 aromatic heterocycles. The number of carbonyl (C=O) groups excluding carboxylic acids is 5. The summed E-state index contributed by atoms with van der Waals surface area (Å²) in [6, 6.07) is -2.98. The first-order valence-electron chi connectivity index (χ1n) is 17.8. The summed E-state index contributed by atoms with van der Waals surface area (Å²) in [4.78, 5) is 69.1. The Balaban J connectivity index is 1.77. The van der Waals surface area contributed by atoms with Crippen LogP contribution < -0.4 is 16.0 Å². The standard InChI is InChI=1S/C35H58N4O8S/c1-7-8-18-27(30(40)32(42)36-20-22-48(45,46)25-16-12-13-17-25)37-31(41)29-26(23(2)3)19-21-39(29)33(43)28(24-14-10-9-11-15-24)38-34(44)47-35(4,5)6/h7,23-29H,1,8-22H2,2-6H3,(H,36,42)(H,37,41)(H,38,44)/t26?,27?,28-,29-/m0/s1. The molecule has 2 unspecified atom stereocenters. The van der Waals surface area contributed by atoms with Crippen molar-refractivity contribution in [3.05, 3.63) is 12.7 Å². The first-order chi connectivity index (χ1) is 22.6. The molecule has 1 heterocycles. The molecule has 3 N–H and O–H groups in total. The largest absolute Gasteiger partial charge is 0.444 e. The fraction of sp³-hybridized carbons (Fsp3) is 0.800. The van der Waals surface area contributed by atoms with E-state index in [-0.39, 0.29) is 42.4 Å². The van der Waals surface area contributed by atoms with Gasteiger partial charge in [-0.3, -0.25) is 19.2 Å². The van der Waals surface area contributed by atoms with Gasteiger partial charge in [-0.15, -0.1) is 6.58 Å². The number of amides is 4. The average Bonchev–Trinajstić information content (AvgIpc) is 3.72. The Hall–Kier alpha value is -2.96. The third-order valence-electron chi connectivity index (χ3n) is 9.91. The van der Waals surface area contributed by atoms with E-state index < -0.39 is 62.5 Å². The number of sulfone groups is 1. The summed E-state index contributed by atoms with van der Waals surface area (Å²) >= 11 is 0. The zero-order valence-electron chi connectivity index (χ0n) is 29.6. The van der Waals surface area contributed by atoms with Crippen molar-refractivity contribution in [3.8, 4) is 0 Å². The number of allylic oxidation sites excluding steroid dienone is 1. The maximum atomic E-state index is 14.3. The van der Waals surface area contributed by atoms with Gasteiger partial charge in [-0.1, -0.05) is 52.0 Å². The van der Waals surface area contributed by atoms with Gasteiger partial charge in [0.25, 0.3) is 5.91 Å². The van der Waals surface area contributed by atoms with Gasteiger partial charge >= 0.3 is 6.09 Å². The first kappa shape index (κ1) is 39.5. The highest BCUT2D eigenvalue weighted by molar-refractivity contribution is 7.92. The predicted molar refractivity (Wildman–Crippen MR) is 184 cm³/mol. The van der Waals surface area contributed by atoms with Crippen LogP contribution in [0.2, 0.25) is 0 Å². The number of hydrogen-bond acceptors (Lipinski definition) is 8. The summed E-state index contributed by atoms with van der Waals surface area (Å²) in [6.45, 7) is 13.0. The van der Waals surface area contributed by atoms with E-state index in [2.05, 4.69) is 22.5 Å². The van der Waals surface area contributed by atoms with Gasteiger partial charge in [0.1, 0.15) is 17.7 Å². The Labute approximate surface area is 286 Å². The second kappa shape index (κ2) is 17.6. The maximum absolute atomic E-state index is 14.3. The molecule has 4 atom stereocenters. The van der Waals surface area contributed by atoms with Crippen LogP contribution in [0.25, 0.3) is 0 Å². The van der Waals surface area contributed by atoms with E-state index in [1.807, 2.05) is 13.8 Å². The van der Waals surface area contributed by atoms with Gasteiger partial charge in [0.15, 0.2) is 9.84 Å². The SMILES string of the molecule is C=CCCC(NC(=O)[C@@H]1C(C(C)C)CCN1C(=O)[C@@H](NC(=O)OC(C)(C)C)C1CCCCC1)C(=O)C(=O)NCCS(=O)(=O)C1CCCC1. The quantitative estimate of drug-likeness (QED) is 0.172. The van der Waals surface area contributed by atoms with E-state index in [0.717, 1.165) is 44.9 Å². The monoisotopic (exact) mass is 694 g/mol. The van der Waals surface area contributed by atoms with Gasteiger partial charge in [0, 0.05) is 13.1 Å². The molecule has 3 fully saturated rings. The Kier molecular flexibility index (Phi) is 14.5. The molecule has 4 amide bonds. The summed E-state index contributed by atoms with van der Waals surface area (Å²) in [7, 11) is -3.39. The summed E-state index contributed by atoms with van der Waals surface area (Å²) in [6.07, 6.45) is 9.30. The highest BCUT2D eigenvalue weighted by atomic mass is 32.2. The molecule has 0 aromatic rings. The van der Waals surface area contributed by atoms with E-state index in [4.69, 9.17) is 4.74 Å². The third kappa shape index (κ3) is 11.0. The summed E-state index contributed by atoms with van der Waals surface area (Å²) in [5, 5.41) is 7.62. The molecular weight excluding hydrogens is 636 g/mol. The van der Waals surface area contributed by atoms with Gasteiger partial charge in [-0.2, -0.15) is 0 Å². The highest BCUT2D eigenvalue weighted by Crippen LogP contribution is 2.34. The lowest BCUT2D eigenvalue weighted by Crippen LogP contribution is -2.59. The minimum Gasteiger partial charge on any atom is -0.444 e. The number of ketones is 1. The van der Waals surface area contributed by atoms with Crippen molar-refractivity contribution < 1.29 is 37.1 Å². The van der Waals surface area contributed by atoms with E-state index in [1.54, 1.807) is 26.8 Å². The molecule has 0 spiro atoms. The van der Waals surface area contributed by atoms with Gasteiger partial charge in [0.2, 0.25) is 17.6 Å². The van der Waals surface area contributed by atoms with Gasteiger partial charge in [0.05, 0.1) is 17.0 Å². The van der Waals surface area contributed by atoms with Crippen LogP contribution in [0.4, 0.5) is 4.79 Å². The molecule has 1 saturated heterocycles. The van der Waals surface area contributed by atoms with Crippen LogP contribution in [0.5, 0.6) is 0 Å². The van der Waals surface area contributed by atoms with Gasteiger partial charge < -0.3 is 25.6 Å². The van der Waals surface area contributed by atoms with Crippen molar-refractivity contribution in [1.82, 2.24) is 20.9 Å². The van der Waals surface area contributed by atoms with Crippen LogP contribution in [0.3, 0.4) is 0 Å². The Morgan fingerprint density at radius 2 is 1.56 bits per heavy atom. The molecule has 0 radical (unpaired) electrons. The molecule has 13 heteroatoms. The van der Waals surface area contributed by atoms with Crippen LogP contribution in [0.15, 0.2) is 12.7 Å². The van der Waals surface area contributed by atoms with Crippen LogP contribution in [-0.2, 0) is 33.8 Å². The van der Waals surface area contributed by atoms with Crippen LogP contribution in [0.1, 0.15) is 112 Å². The van der Waals surface area contributed by atoms with Crippen molar-refractivity contribution in [3.63, 3.8) is 0 Å². The molecule has 1 aliphatic heterocycles. The lowest BCUT2D eigenvalue weighted by molar-refractivity contribution is -0.144. The van der Waals surface area contributed by atoms with Crippen molar-refractivity contribution in [2.45, 2.75) is 141 Å². The van der Waals surface area contributed by atoms with Crippen LogP contribution >= 0.6 is 0 Å². The number of carbonyl (C=O) groups is 5. The number of hydrogen-bond donors (Lipinski definition) is 3. The molecule has 2 saturated carbocycles. The molecule has 3 aliphatic rings. The Morgan fingerprint density at radius 1 is 0.938 bits per heavy atom. The minimum atomic E-state index is -3.39. The lowest BCUT2D eigenvalue weighted by atomic mass is 9.83. The fourth-order valence-corrected chi connectivity index (χ4v) is 9.11. The van der Waals surface area contributed by atoms with Crippen molar-refractivity contribution in [2.75, 3.05) is 18.8 Å². The molecular formula is C35H58N4O8S. The topological polar surface area (TPSA) is 168 Å². The predicted octanol–water partition coefficient (Wildman–Crippen LogP) is 3.83. The molecule has 2 aliphatic carbocycles.